The van der Waals surface area contributed by atoms with Crippen molar-refractivity contribution < 1.29 is 85.1 Å². The van der Waals surface area contributed by atoms with E-state index < -0.39 is 31.7 Å². The van der Waals surface area contributed by atoms with Crippen LogP contribution in [0, 0.1) is 0 Å². The summed E-state index contributed by atoms with van der Waals surface area (Å²) < 4.78 is 65.9. The summed E-state index contributed by atoms with van der Waals surface area (Å²) in [7, 11) is -8.76. The Bertz CT molecular complexity index is 1660. The van der Waals surface area contributed by atoms with Gasteiger partial charge in [0.05, 0.1) is 42.0 Å². The number of aromatic nitrogens is 4. The van der Waals surface area contributed by atoms with Crippen LogP contribution in [0.25, 0.3) is 10.2 Å². The first-order chi connectivity index (χ1) is 17.9. The molecule has 0 saturated carbocycles. The van der Waals surface area contributed by atoms with Gasteiger partial charge in [0, 0.05) is 29.5 Å². The normalized spacial score (nSPS) is 11.3. The molecule has 0 aliphatic carbocycles. The number of nitrogens with zero attached hydrogens (tertiary/aromatic N) is 4. The van der Waals surface area contributed by atoms with Crippen molar-refractivity contribution >= 4 is 87.7 Å². The Balaban J connectivity index is 0.00000280. The molecule has 0 aliphatic heterocycles. The molecular formula is C20H19ClN8Na2O6S3. The van der Waals surface area contributed by atoms with Gasteiger partial charge < -0.3 is 25.1 Å². The first kappa shape index (κ1) is 34.8. The topological polar surface area (TPSA) is 214 Å². The number of thiazole rings is 1. The zero-order valence-corrected chi connectivity index (χ0v) is 28.4. The van der Waals surface area contributed by atoms with Crippen molar-refractivity contribution in [1.29, 1.82) is 0 Å². The van der Waals surface area contributed by atoms with Gasteiger partial charge >= 0.3 is 59.1 Å². The summed E-state index contributed by atoms with van der Waals surface area (Å²) in [5.74, 6) is -1.01. The van der Waals surface area contributed by atoms with E-state index in [2.05, 4.69) is 41.2 Å². The predicted octanol–water partition coefficient (Wildman–Crippen LogP) is -3.46. The minimum absolute atomic E-state index is 0. The van der Waals surface area contributed by atoms with Gasteiger partial charge in [-0.2, -0.15) is 15.0 Å². The molecule has 0 bridgehead atoms. The second kappa shape index (κ2) is 15.2. The summed E-state index contributed by atoms with van der Waals surface area (Å²) in [4.78, 5) is 17.2. The van der Waals surface area contributed by atoms with Crippen LogP contribution in [-0.4, -0.2) is 70.5 Å². The van der Waals surface area contributed by atoms with Crippen molar-refractivity contribution in [3.63, 3.8) is 0 Å². The summed E-state index contributed by atoms with van der Waals surface area (Å²) >= 11 is 7.36. The van der Waals surface area contributed by atoms with Crippen LogP contribution in [0.4, 0.5) is 34.4 Å². The van der Waals surface area contributed by atoms with E-state index in [0.717, 1.165) is 10.2 Å². The maximum absolute atomic E-state index is 10.9. The molecule has 20 heteroatoms. The van der Waals surface area contributed by atoms with Crippen molar-refractivity contribution in [3.8, 4) is 0 Å². The van der Waals surface area contributed by atoms with Crippen molar-refractivity contribution in [2.45, 2.75) is 0 Å². The Morgan fingerprint density at radius 2 is 1.27 bits per heavy atom. The minimum Gasteiger partial charge on any atom is -0.748 e. The number of benzene rings is 2. The molecule has 2 aromatic heterocycles. The molecule has 0 fully saturated rings. The molecule has 14 nitrogen and oxygen atoms in total. The van der Waals surface area contributed by atoms with E-state index in [4.69, 9.17) is 11.6 Å². The summed E-state index contributed by atoms with van der Waals surface area (Å²) in [6, 6.07) is 11.9. The molecule has 2 heterocycles. The Morgan fingerprint density at radius 1 is 0.725 bits per heavy atom. The Kier molecular flexibility index (Phi) is 13.3. The van der Waals surface area contributed by atoms with Gasteiger partial charge in [-0.25, -0.2) is 21.8 Å². The SMILES string of the molecule is O=S(=O)([O-])CCNc1ccc(Nc2nc(NCCS(=O)(=O)[O-])nc(Nc3nc4ccc(Cl)cc4s3)n2)cc1.[Na+].[Na+]. The van der Waals surface area contributed by atoms with E-state index in [1.807, 2.05) is 0 Å². The standard InChI is InChI=1S/C20H21ClN8O6S3.2Na/c21-12-1-6-15-16(11-12)36-20(25-15)29-19-27-17(23-8-10-38(33,34)35)26-18(28-19)24-14-4-2-13(3-5-14)22-7-9-37(30,31)32;;/h1-6,11,22H,7-10H2,(H,30,31,32)(H,33,34,35)(H3,23,24,25,26,27,28,29);;/q;2*+1/p-2. The number of halogens is 1. The zero-order chi connectivity index (χ0) is 27.3. The molecule has 0 spiro atoms. The van der Waals surface area contributed by atoms with Gasteiger partial charge in [-0.1, -0.05) is 22.9 Å². The first-order valence-electron chi connectivity index (χ1n) is 10.7. The summed E-state index contributed by atoms with van der Waals surface area (Å²) in [5, 5.41) is 12.5. The molecule has 2 aromatic carbocycles. The Labute approximate surface area is 283 Å². The maximum atomic E-state index is 10.9. The van der Waals surface area contributed by atoms with Crippen LogP contribution in [0.5, 0.6) is 0 Å². The van der Waals surface area contributed by atoms with E-state index in [9.17, 15) is 25.9 Å². The third-order valence-electron chi connectivity index (χ3n) is 4.66. The molecule has 4 N–H and O–H groups in total. The zero-order valence-electron chi connectivity index (χ0n) is 21.2. The largest absolute Gasteiger partial charge is 1.00 e. The molecule has 0 amide bonds. The van der Waals surface area contributed by atoms with Crippen molar-refractivity contribution in [2.24, 2.45) is 0 Å². The smallest absolute Gasteiger partial charge is 0.748 e. The van der Waals surface area contributed by atoms with Crippen molar-refractivity contribution in [2.75, 3.05) is 45.9 Å². The number of fused-ring (bicyclic) bond motifs is 1. The van der Waals surface area contributed by atoms with Gasteiger partial charge in [-0.15, -0.1) is 0 Å². The fourth-order valence-corrected chi connectivity index (χ4v) is 4.86. The van der Waals surface area contributed by atoms with Crippen LogP contribution < -0.4 is 80.4 Å². The molecule has 0 radical (unpaired) electrons. The third-order valence-corrected chi connectivity index (χ3v) is 7.24. The molecule has 0 atom stereocenters. The monoisotopic (exact) mass is 644 g/mol. The van der Waals surface area contributed by atoms with Gasteiger partial charge in [0.25, 0.3) is 0 Å². The Morgan fingerprint density at radius 3 is 1.90 bits per heavy atom. The summed E-state index contributed by atoms with van der Waals surface area (Å²) in [6.45, 7) is -0.249. The van der Waals surface area contributed by atoms with Crippen LogP contribution in [0.1, 0.15) is 0 Å². The van der Waals surface area contributed by atoms with Gasteiger partial charge in [-0.05, 0) is 42.5 Å². The van der Waals surface area contributed by atoms with Crippen LogP contribution in [0.3, 0.4) is 0 Å². The predicted molar refractivity (Wildman–Crippen MR) is 144 cm³/mol. The quantitative estimate of drug-likeness (QED) is 0.0872. The summed E-state index contributed by atoms with van der Waals surface area (Å²) in [6.07, 6.45) is 0. The van der Waals surface area contributed by atoms with Gasteiger partial charge in [0.15, 0.2) is 5.13 Å². The first-order valence-corrected chi connectivity index (χ1v) is 15.1. The van der Waals surface area contributed by atoms with E-state index in [1.54, 1.807) is 42.5 Å². The van der Waals surface area contributed by atoms with Crippen LogP contribution in [-0.2, 0) is 20.2 Å². The van der Waals surface area contributed by atoms with E-state index in [0.29, 0.717) is 21.5 Å². The van der Waals surface area contributed by atoms with Crippen molar-refractivity contribution in [1.82, 2.24) is 19.9 Å². The molecule has 202 valence electrons. The van der Waals surface area contributed by atoms with Crippen LogP contribution in [0.15, 0.2) is 42.5 Å². The van der Waals surface area contributed by atoms with Gasteiger partial charge in [-0.3, -0.25) is 5.32 Å². The second-order valence-corrected chi connectivity index (χ2v) is 12.2. The maximum Gasteiger partial charge on any atom is 1.00 e. The van der Waals surface area contributed by atoms with Gasteiger partial charge in [0.1, 0.15) is 0 Å². The average Bonchev–Trinajstić information content (AvgIpc) is 3.19. The Hall–Kier alpha value is -1.35. The molecular weight excluding hydrogens is 626 g/mol. The number of anilines is 6. The van der Waals surface area contributed by atoms with E-state index >= 15 is 0 Å². The summed E-state index contributed by atoms with van der Waals surface area (Å²) in [5.41, 5.74) is 1.87. The number of hydrogen-bond acceptors (Lipinski definition) is 15. The van der Waals surface area contributed by atoms with Crippen LogP contribution in [0.2, 0.25) is 5.02 Å². The van der Waals surface area contributed by atoms with Crippen molar-refractivity contribution in [3.05, 3.63) is 47.5 Å². The minimum atomic E-state index is -4.44. The fourth-order valence-electron chi connectivity index (χ4n) is 3.02. The average molecular weight is 645 g/mol. The van der Waals surface area contributed by atoms with Gasteiger partial charge in [0.2, 0.25) is 17.8 Å². The second-order valence-electron chi connectivity index (χ2n) is 7.64. The molecule has 4 rings (SSSR count). The third kappa shape index (κ3) is 11.5. The number of hydrogen-bond donors (Lipinski definition) is 4. The van der Waals surface area contributed by atoms with Crippen LogP contribution >= 0.6 is 22.9 Å². The number of nitrogens with one attached hydrogen (secondary N) is 4. The fraction of sp³-hybridized carbons (Fsp3) is 0.200. The van der Waals surface area contributed by atoms with E-state index in [-0.39, 0.29) is 90.0 Å². The molecule has 0 saturated heterocycles. The molecule has 40 heavy (non-hydrogen) atoms. The molecule has 0 unspecified atom stereocenters. The van der Waals surface area contributed by atoms with E-state index in [1.165, 1.54) is 11.3 Å². The molecule has 4 aromatic rings. The molecule has 0 aliphatic rings. The number of rotatable bonds is 12.